The van der Waals surface area contributed by atoms with Gasteiger partial charge < -0.3 is 10.1 Å². The fourth-order valence-electron chi connectivity index (χ4n) is 3.10. The summed E-state index contributed by atoms with van der Waals surface area (Å²) in [4.78, 5) is 2.64. The molecule has 1 saturated heterocycles. The maximum absolute atomic E-state index is 5.43. The Morgan fingerprint density at radius 1 is 1.47 bits per heavy atom. The molecule has 1 heterocycles. The van der Waals surface area contributed by atoms with Crippen molar-refractivity contribution in [3.63, 3.8) is 0 Å². The molecule has 0 aromatic carbocycles. The third-order valence-electron chi connectivity index (χ3n) is 4.63. The molecule has 0 spiro atoms. The lowest BCUT2D eigenvalue weighted by Crippen LogP contribution is -2.64. The highest BCUT2D eigenvalue weighted by Crippen LogP contribution is 2.41. The normalized spacial score (nSPS) is 37.1. The SMILES string of the molecule is CCC1CNC(C)(C2CC2)CN1CC(C)OC. The molecule has 2 rings (SSSR count). The largest absolute Gasteiger partial charge is 0.380 e. The second-order valence-corrected chi connectivity index (χ2v) is 6.11. The van der Waals surface area contributed by atoms with Gasteiger partial charge in [0.1, 0.15) is 0 Å². The van der Waals surface area contributed by atoms with Gasteiger partial charge in [-0.25, -0.2) is 0 Å². The van der Waals surface area contributed by atoms with Crippen LogP contribution in [0.3, 0.4) is 0 Å². The van der Waals surface area contributed by atoms with Crippen LogP contribution in [0.1, 0.15) is 40.0 Å². The molecular weight excluding hydrogens is 212 g/mol. The summed E-state index contributed by atoms with van der Waals surface area (Å²) < 4.78 is 5.43. The number of nitrogens with one attached hydrogen (secondary N) is 1. The Kier molecular flexibility index (Phi) is 4.11. The molecule has 1 aliphatic carbocycles. The molecule has 1 aliphatic heterocycles. The van der Waals surface area contributed by atoms with Crippen molar-refractivity contribution in [1.82, 2.24) is 10.2 Å². The van der Waals surface area contributed by atoms with Gasteiger partial charge in [-0.1, -0.05) is 6.92 Å². The fraction of sp³-hybridized carbons (Fsp3) is 1.00. The third-order valence-corrected chi connectivity index (χ3v) is 4.63. The van der Waals surface area contributed by atoms with Crippen molar-refractivity contribution in [1.29, 1.82) is 0 Å². The first-order valence-corrected chi connectivity index (χ1v) is 7.11. The van der Waals surface area contributed by atoms with E-state index in [1.807, 2.05) is 7.11 Å². The van der Waals surface area contributed by atoms with E-state index in [1.54, 1.807) is 0 Å². The molecule has 0 aromatic rings. The van der Waals surface area contributed by atoms with E-state index in [1.165, 1.54) is 25.8 Å². The quantitative estimate of drug-likeness (QED) is 0.794. The summed E-state index contributed by atoms with van der Waals surface area (Å²) in [6, 6.07) is 0.680. The molecule has 2 aliphatic rings. The van der Waals surface area contributed by atoms with Gasteiger partial charge >= 0.3 is 0 Å². The first-order chi connectivity index (χ1) is 8.09. The predicted octanol–water partition coefficient (Wildman–Crippen LogP) is 1.87. The highest BCUT2D eigenvalue weighted by Gasteiger charge is 2.45. The maximum atomic E-state index is 5.43. The van der Waals surface area contributed by atoms with E-state index in [0.29, 0.717) is 17.7 Å². The van der Waals surface area contributed by atoms with Crippen LogP contribution in [0.5, 0.6) is 0 Å². The minimum absolute atomic E-state index is 0.339. The molecule has 100 valence electrons. The van der Waals surface area contributed by atoms with Crippen molar-refractivity contribution in [2.24, 2.45) is 5.92 Å². The van der Waals surface area contributed by atoms with E-state index in [-0.39, 0.29) is 0 Å². The van der Waals surface area contributed by atoms with E-state index in [2.05, 4.69) is 31.0 Å². The number of nitrogens with zero attached hydrogens (tertiary/aromatic N) is 1. The summed E-state index contributed by atoms with van der Waals surface area (Å²) in [5.74, 6) is 0.903. The van der Waals surface area contributed by atoms with Crippen LogP contribution in [0.15, 0.2) is 0 Å². The summed E-state index contributed by atoms with van der Waals surface area (Å²) in [5.41, 5.74) is 0.346. The van der Waals surface area contributed by atoms with Crippen LogP contribution >= 0.6 is 0 Å². The maximum Gasteiger partial charge on any atom is 0.0670 e. The van der Waals surface area contributed by atoms with E-state index < -0.39 is 0 Å². The summed E-state index contributed by atoms with van der Waals surface area (Å²) in [6.07, 6.45) is 4.39. The zero-order valence-electron chi connectivity index (χ0n) is 11.8. The molecule has 3 atom stereocenters. The Balaban J connectivity index is 1.97. The van der Waals surface area contributed by atoms with Crippen molar-refractivity contribution < 1.29 is 4.74 Å². The molecule has 3 unspecified atom stereocenters. The van der Waals surface area contributed by atoms with Gasteiger partial charge in [0.05, 0.1) is 6.10 Å². The lowest BCUT2D eigenvalue weighted by Gasteiger charge is -2.47. The van der Waals surface area contributed by atoms with E-state index >= 15 is 0 Å². The number of ether oxygens (including phenoxy) is 1. The number of hydrogen-bond acceptors (Lipinski definition) is 3. The Labute approximate surface area is 106 Å². The molecule has 3 heteroatoms. The average Bonchev–Trinajstić information content (AvgIpc) is 3.13. The average molecular weight is 240 g/mol. The zero-order valence-corrected chi connectivity index (χ0v) is 11.8. The molecule has 0 aromatic heterocycles. The molecule has 1 N–H and O–H groups in total. The molecule has 17 heavy (non-hydrogen) atoms. The second kappa shape index (κ2) is 5.25. The summed E-state index contributed by atoms with van der Waals surface area (Å²) >= 11 is 0. The lowest BCUT2D eigenvalue weighted by molar-refractivity contribution is 0.0179. The summed E-state index contributed by atoms with van der Waals surface area (Å²) in [6.45, 7) is 10.3. The van der Waals surface area contributed by atoms with Crippen LogP contribution in [0.25, 0.3) is 0 Å². The molecule has 1 saturated carbocycles. The monoisotopic (exact) mass is 240 g/mol. The van der Waals surface area contributed by atoms with Gasteiger partial charge in [0, 0.05) is 38.3 Å². The number of rotatable bonds is 5. The predicted molar refractivity (Wildman–Crippen MR) is 71.3 cm³/mol. The first kappa shape index (κ1) is 13.3. The molecule has 0 amide bonds. The van der Waals surface area contributed by atoms with Crippen LogP contribution in [-0.4, -0.2) is 49.3 Å². The van der Waals surface area contributed by atoms with Crippen LogP contribution in [0.4, 0.5) is 0 Å². The number of methoxy groups -OCH3 is 1. The molecule has 0 radical (unpaired) electrons. The van der Waals surface area contributed by atoms with Crippen LogP contribution < -0.4 is 5.32 Å². The minimum atomic E-state index is 0.339. The Morgan fingerprint density at radius 2 is 2.18 bits per heavy atom. The topological polar surface area (TPSA) is 24.5 Å². The smallest absolute Gasteiger partial charge is 0.0670 e. The molecule has 3 nitrogen and oxygen atoms in total. The summed E-state index contributed by atoms with van der Waals surface area (Å²) in [7, 11) is 1.81. The van der Waals surface area contributed by atoms with Crippen LogP contribution in [0.2, 0.25) is 0 Å². The van der Waals surface area contributed by atoms with Crippen molar-refractivity contribution in [2.75, 3.05) is 26.7 Å². The van der Waals surface area contributed by atoms with Gasteiger partial charge in [-0.15, -0.1) is 0 Å². The fourth-order valence-corrected chi connectivity index (χ4v) is 3.10. The lowest BCUT2D eigenvalue weighted by atomic mass is 9.90. The van der Waals surface area contributed by atoms with Crippen molar-refractivity contribution in [2.45, 2.75) is 57.7 Å². The van der Waals surface area contributed by atoms with Crippen molar-refractivity contribution in [3.05, 3.63) is 0 Å². The second-order valence-electron chi connectivity index (χ2n) is 6.11. The van der Waals surface area contributed by atoms with E-state index in [9.17, 15) is 0 Å². The number of piperazine rings is 1. The van der Waals surface area contributed by atoms with Crippen LogP contribution in [-0.2, 0) is 4.74 Å². The van der Waals surface area contributed by atoms with Gasteiger partial charge in [-0.2, -0.15) is 0 Å². The van der Waals surface area contributed by atoms with Crippen molar-refractivity contribution >= 4 is 0 Å². The van der Waals surface area contributed by atoms with Crippen molar-refractivity contribution in [3.8, 4) is 0 Å². The highest BCUT2D eigenvalue weighted by molar-refractivity contribution is 5.04. The van der Waals surface area contributed by atoms with Gasteiger partial charge in [-0.3, -0.25) is 4.90 Å². The van der Waals surface area contributed by atoms with E-state index in [4.69, 9.17) is 4.74 Å². The Morgan fingerprint density at radius 3 is 2.71 bits per heavy atom. The Bertz CT molecular complexity index is 255. The first-order valence-electron chi connectivity index (χ1n) is 7.11. The summed E-state index contributed by atoms with van der Waals surface area (Å²) in [5, 5.41) is 3.80. The molecular formula is C14H28N2O. The number of hydrogen-bond donors (Lipinski definition) is 1. The Hall–Kier alpha value is -0.120. The minimum Gasteiger partial charge on any atom is -0.380 e. The highest BCUT2D eigenvalue weighted by atomic mass is 16.5. The van der Waals surface area contributed by atoms with Crippen LogP contribution in [0, 0.1) is 5.92 Å². The zero-order chi connectivity index (χ0) is 12.5. The third kappa shape index (κ3) is 3.01. The molecule has 2 fully saturated rings. The van der Waals surface area contributed by atoms with Gasteiger partial charge in [0.15, 0.2) is 0 Å². The van der Waals surface area contributed by atoms with Gasteiger partial charge in [0.2, 0.25) is 0 Å². The van der Waals surface area contributed by atoms with E-state index in [0.717, 1.165) is 19.0 Å². The standard InChI is InChI=1S/C14H28N2O/c1-5-13-8-15-14(3,12-6-7-12)10-16(13)9-11(2)17-4/h11-13,15H,5-10H2,1-4H3. The van der Waals surface area contributed by atoms with Gasteiger partial charge in [-0.05, 0) is 39.0 Å². The van der Waals surface area contributed by atoms with Gasteiger partial charge in [0.25, 0.3) is 0 Å². The molecule has 0 bridgehead atoms.